The molecule has 0 aromatic rings. The molecule has 0 aliphatic carbocycles. The lowest BCUT2D eigenvalue weighted by Gasteiger charge is -2.30. The molecule has 0 atom stereocenters. The van der Waals surface area contributed by atoms with Crippen molar-refractivity contribution in [2.75, 3.05) is 19.6 Å². The second kappa shape index (κ2) is 4.46. The van der Waals surface area contributed by atoms with Crippen molar-refractivity contribution in [3.05, 3.63) is 5.92 Å². The van der Waals surface area contributed by atoms with Gasteiger partial charge >= 0.3 is 0 Å². The SMILES string of the molecule is C[C](C)CN1CCC(Br)CC1. The van der Waals surface area contributed by atoms with Crippen molar-refractivity contribution >= 4 is 15.9 Å². The van der Waals surface area contributed by atoms with Crippen LogP contribution in [0.25, 0.3) is 0 Å². The van der Waals surface area contributed by atoms with E-state index in [1.807, 2.05) is 0 Å². The van der Waals surface area contributed by atoms with Gasteiger partial charge in [-0.2, -0.15) is 0 Å². The number of hydrogen-bond donors (Lipinski definition) is 0. The van der Waals surface area contributed by atoms with Crippen LogP contribution in [0.4, 0.5) is 0 Å². The number of rotatable bonds is 2. The maximum absolute atomic E-state index is 3.65. The zero-order valence-electron chi connectivity index (χ0n) is 7.44. The summed E-state index contributed by atoms with van der Waals surface area (Å²) in [6.07, 6.45) is 2.63. The highest BCUT2D eigenvalue weighted by molar-refractivity contribution is 9.09. The minimum absolute atomic E-state index is 0.774. The Kier molecular flexibility index (Phi) is 3.86. The standard InChI is InChI=1S/C9H17BrN/c1-8(2)7-11-5-3-9(10)4-6-11/h9H,3-7H2,1-2H3. The number of alkyl halides is 1. The summed E-state index contributed by atoms with van der Waals surface area (Å²) < 4.78 is 0. The molecule has 1 aliphatic rings. The van der Waals surface area contributed by atoms with E-state index in [2.05, 4.69) is 34.7 Å². The Hall–Kier alpha value is 0.440. The van der Waals surface area contributed by atoms with E-state index in [0.29, 0.717) is 0 Å². The first-order chi connectivity index (χ1) is 5.18. The summed E-state index contributed by atoms with van der Waals surface area (Å²) in [6, 6.07) is 0. The van der Waals surface area contributed by atoms with Crippen molar-refractivity contribution in [1.29, 1.82) is 0 Å². The fraction of sp³-hybridized carbons (Fsp3) is 0.889. The van der Waals surface area contributed by atoms with Gasteiger partial charge in [-0.25, -0.2) is 0 Å². The van der Waals surface area contributed by atoms with E-state index < -0.39 is 0 Å². The summed E-state index contributed by atoms with van der Waals surface area (Å²) in [7, 11) is 0. The van der Waals surface area contributed by atoms with Crippen molar-refractivity contribution in [2.45, 2.75) is 31.5 Å². The summed E-state index contributed by atoms with van der Waals surface area (Å²) >= 11 is 3.65. The molecular formula is C9H17BrN. The van der Waals surface area contributed by atoms with Gasteiger partial charge in [-0.3, -0.25) is 0 Å². The third kappa shape index (κ3) is 3.57. The highest BCUT2D eigenvalue weighted by Gasteiger charge is 2.16. The van der Waals surface area contributed by atoms with Gasteiger partial charge in [0.15, 0.2) is 0 Å². The van der Waals surface area contributed by atoms with Crippen molar-refractivity contribution in [2.24, 2.45) is 0 Å². The molecule has 2 heteroatoms. The number of nitrogens with zero attached hydrogens (tertiary/aromatic N) is 1. The molecule has 1 radical (unpaired) electrons. The van der Waals surface area contributed by atoms with E-state index in [9.17, 15) is 0 Å². The van der Waals surface area contributed by atoms with Crippen LogP contribution in [0.3, 0.4) is 0 Å². The minimum Gasteiger partial charge on any atom is -0.303 e. The monoisotopic (exact) mass is 218 g/mol. The summed E-state index contributed by atoms with van der Waals surface area (Å²) in [5.74, 6) is 1.53. The smallest absolute Gasteiger partial charge is 0.0170 e. The summed E-state index contributed by atoms with van der Waals surface area (Å²) in [6.45, 7) is 8.14. The van der Waals surface area contributed by atoms with Crippen molar-refractivity contribution in [1.82, 2.24) is 4.90 Å². The van der Waals surface area contributed by atoms with Gasteiger partial charge in [0.25, 0.3) is 0 Å². The van der Waals surface area contributed by atoms with Crippen LogP contribution >= 0.6 is 15.9 Å². The van der Waals surface area contributed by atoms with Gasteiger partial charge in [-0.15, -0.1) is 0 Å². The van der Waals surface area contributed by atoms with Crippen LogP contribution < -0.4 is 0 Å². The average molecular weight is 219 g/mol. The Balaban J connectivity index is 2.17. The zero-order chi connectivity index (χ0) is 8.27. The van der Waals surface area contributed by atoms with E-state index in [4.69, 9.17) is 0 Å². The molecule has 65 valence electrons. The molecule has 0 amide bonds. The molecule has 11 heavy (non-hydrogen) atoms. The second-order valence-corrected chi connectivity index (χ2v) is 4.95. The van der Waals surface area contributed by atoms with E-state index >= 15 is 0 Å². The van der Waals surface area contributed by atoms with Crippen LogP contribution in [0.15, 0.2) is 0 Å². The van der Waals surface area contributed by atoms with Gasteiger partial charge in [0, 0.05) is 11.4 Å². The molecule has 0 N–H and O–H groups in total. The molecule has 1 aliphatic heterocycles. The van der Waals surface area contributed by atoms with Gasteiger partial charge in [-0.05, 0) is 31.8 Å². The molecule has 1 rings (SSSR count). The summed E-state index contributed by atoms with van der Waals surface area (Å²) in [5.41, 5.74) is 0. The number of likely N-dealkylation sites (tertiary alicyclic amines) is 1. The molecule has 0 aromatic carbocycles. The number of hydrogen-bond acceptors (Lipinski definition) is 1. The first kappa shape index (κ1) is 9.53. The summed E-state index contributed by atoms with van der Waals surface area (Å²) in [4.78, 5) is 3.31. The van der Waals surface area contributed by atoms with Crippen LogP contribution in [-0.4, -0.2) is 29.4 Å². The second-order valence-electron chi connectivity index (χ2n) is 3.66. The fourth-order valence-electron chi connectivity index (χ4n) is 1.51. The topological polar surface area (TPSA) is 3.24 Å². The Bertz CT molecular complexity index is 106. The van der Waals surface area contributed by atoms with Gasteiger partial charge in [0.1, 0.15) is 0 Å². The van der Waals surface area contributed by atoms with Crippen LogP contribution in [0.2, 0.25) is 0 Å². The lowest BCUT2D eigenvalue weighted by molar-refractivity contribution is 0.243. The number of piperidine rings is 1. The Morgan fingerprint density at radius 2 is 1.91 bits per heavy atom. The highest BCUT2D eigenvalue weighted by atomic mass is 79.9. The largest absolute Gasteiger partial charge is 0.303 e. The zero-order valence-corrected chi connectivity index (χ0v) is 9.02. The van der Waals surface area contributed by atoms with E-state index in [1.165, 1.54) is 38.4 Å². The van der Waals surface area contributed by atoms with Gasteiger partial charge in [-0.1, -0.05) is 29.8 Å². The third-order valence-electron chi connectivity index (χ3n) is 2.06. The lowest BCUT2D eigenvalue weighted by Crippen LogP contribution is -2.35. The van der Waals surface area contributed by atoms with E-state index in [0.717, 1.165) is 4.83 Å². The Morgan fingerprint density at radius 1 is 1.36 bits per heavy atom. The van der Waals surface area contributed by atoms with E-state index in [1.54, 1.807) is 0 Å². The Labute approximate surface area is 78.3 Å². The van der Waals surface area contributed by atoms with E-state index in [-0.39, 0.29) is 0 Å². The predicted molar refractivity (Wildman–Crippen MR) is 53.0 cm³/mol. The van der Waals surface area contributed by atoms with Gasteiger partial charge < -0.3 is 4.90 Å². The molecule has 0 unspecified atom stereocenters. The minimum atomic E-state index is 0.774. The molecule has 1 nitrogen and oxygen atoms in total. The quantitative estimate of drug-likeness (QED) is 0.645. The van der Waals surface area contributed by atoms with Crippen LogP contribution in [0.1, 0.15) is 26.7 Å². The predicted octanol–water partition coefficient (Wildman–Crippen LogP) is 2.46. The van der Waals surface area contributed by atoms with Crippen LogP contribution in [0.5, 0.6) is 0 Å². The first-order valence-electron chi connectivity index (χ1n) is 4.34. The fourth-order valence-corrected chi connectivity index (χ4v) is 1.92. The van der Waals surface area contributed by atoms with Crippen molar-refractivity contribution < 1.29 is 0 Å². The average Bonchev–Trinajstić information content (AvgIpc) is 1.93. The lowest BCUT2D eigenvalue weighted by atomic mass is 10.1. The first-order valence-corrected chi connectivity index (χ1v) is 5.25. The van der Waals surface area contributed by atoms with Gasteiger partial charge in [0.2, 0.25) is 0 Å². The molecule has 1 saturated heterocycles. The van der Waals surface area contributed by atoms with Crippen LogP contribution in [-0.2, 0) is 0 Å². The molecule has 1 heterocycles. The van der Waals surface area contributed by atoms with Crippen LogP contribution in [0, 0.1) is 5.92 Å². The van der Waals surface area contributed by atoms with Crippen molar-refractivity contribution in [3.63, 3.8) is 0 Å². The Morgan fingerprint density at radius 3 is 2.36 bits per heavy atom. The molecular weight excluding hydrogens is 202 g/mol. The maximum atomic E-state index is 3.65. The molecule has 0 bridgehead atoms. The maximum Gasteiger partial charge on any atom is 0.0170 e. The number of halogens is 1. The molecule has 1 fully saturated rings. The molecule has 0 aromatic heterocycles. The van der Waals surface area contributed by atoms with Gasteiger partial charge in [0.05, 0.1) is 0 Å². The summed E-state index contributed by atoms with van der Waals surface area (Å²) in [5, 5.41) is 0. The third-order valence-corrected chi connectivity index (χ3v) is 2.97. The molecule has 0 saturated carbocycles. The normalized spacial score (nSPS) is 22.9. The molecule has 0 spiro atoms. The highest BCUT2D eigenvalue weighted by Crippen LogP contribution is 2.18. The van der Waals surface area contributed by atoms with Crippen molar-refractivity contribution in [3.8, 4) is 0 Å².